The summed E-state index contributed by atoms with van der Waals surface area (Å²) in [4.78, 5) is 37.7. The van der Waals surface area contributed by atoms with Gasteiger partial charge in [0.05, 0.1) is 6.04 Å². The molecule has 0 heterocycles. The van der Waals surface area contributed by atoms with E-state index in [0.717, 1.165) is 5.56 Å². The van der Waals surface area contributed by atoms with Crippen molar-refractivity contribution in [2.45, 2.75) is 91.0 Å². The van der Waals surface area contributed by atoms with Crippen LogP contribution in [0.2, 0.25) is 0 Å². The van der Waals surface area contributed by atoms with Crippen LogP contribution in [0, 0.1) is 0 Å². The van der Waals surface area contributed by atoms with Gasteiger partial charge in [-0.1, -0.05) is 37.3 Å². The quantitative estimate of drug-likeness (QED) is 0.625. The molecule has 7 heteroatoms. The summed E-state index contributed by atoms with van der Waals surface area (Å²) in [5, 5.41) is 5.58. The van der Waals surface area contributed by atoms with Crippen LogP contribution in [0.4, 0.5) is 4.79 Å². The first kappa shape index (κ1) is 25.5. The van der Waals surface area contributed by atoms with Crippen molar-refractivity contribution in [3.8, 4) is 0 Å². The maximum absolute atomic E-state index is 13.0. The lowest BCUT2D eigenvalue weighted by atomic mass is 9.99. The lowest BCUT2D eigenvalue weighted by Crippen LogP contribution is -2.57. The van der Waals surface area contributed by atoms with E-state index >= 15 is 0 Å². The molecule has 2 N–H and O–H groups in total. The Kier molecular flexibility index (Phi) is 9.33. The van der Waals surface area contributed by atoms with Crippen LogP contribution in [0.5, 0.6) is 0 Å². The van der Waals surface area contributed by atoms with Gasteiger partial charge in [-0.3, -0.25) is 9.59 Å². The number of carbonyl (C=O) groups is 3. The molecule has 2 atom stereocenters. The maximum Gasteiger partial charge on any atom is 0.408 e. The molecule has 0 bridgehead atoms. The summed E-state index contributed by atoms with van der Waals surface area (Å²) < 4.78 is 10.9. The average molecular weight is 421 g/mol. The second kappa shape index (κ2) is 11.0. The van der Waals surface area contributed by atoms with Crippen molar-refractivity contribution in [2.24, 2.45) is 0 Å². The molecule has 0 saturated carbocycles. The third kappa shape index (κ3) is 10.3. The number of carbonyl (C=O) groups excluding carboxylic acids is 3. The van der Waals surface area contributed by atoms with Crippen molar-refractivity contribution in [1.82, 2.24) is 10.6 Å². The Morgan fingerprint density at radius 3 is 2.10 bits per heavy atom. The van der Waals surface area contributed by atoms with E-state index < -0.39 is 41.3 Å². The van der Waals surface area contributed by atoms with Gasteiger partial charge in [0.15, 0.2) is 0 Å². The van der Waals surface area contributed by atoms with Gasteiger partial charge in [-0.2, -0.15) is 0 Å². The van der Waals surface area contributed by atoms with Crippen molar-refractivity contribution < 1.29 is 23.9 Å². The molecule has 0 aliphatic rings. The zero-order valence-corrected chi connectivity index (χ0v) is 19.2. The third-order valence-corrected chi connectivity index (χ3v) is 3.84. The van der Waals surface area contributed by atoms with Crippen LogP contribution in [0.25, 0.3) is 0 Å². The molecule has 0 spiro atoms. The topological polar surface area (TPSA) is 93.7 Å². The SMILES string of the molecule is CCCC(=O)OC(C(=O)NC(C)(C)C)[C@H](Cc1ccccc1)NC(=O)OC(C)(C)C. The summed E-state index contributed by atoms with van der Waals surface area (Å²) in [5.74, 6) is -0.959. The zero-order valence-electron chi connectivity index (χ0n) is 19.2. The van der Waals surface area contributed by atoms with Crippen LogP contribution in [-0.4, -0.2) is 41.3 Å². The summed E-state index contributed by atoms with van der Waals surface area (Å²) in [6, 6.07) is 8.59. The Labute approximate surface area is 179 Å². The maximum atomic E-state index is 13.0. The van der Waals surface area contributed by atoms with E-state index in [-0.39, 0.29) is 6.42 Å². The minimum absolute atomic E-state index is 0.184. The number of hydrogen-bond donors (Lipinski definition) is 2. The van der Waals surface area contributed by atoms with Crippen LogP contribution in [-0.2, 0) is 25.5 Å². The molecule has 1 rings (SSSR count). The van der Waals surface area contributed by atoms with Crippen molar-refractivity contribution >= 4 is 18.0 Å². The second-order valence-corrected chi connectivity index (χ2v) is 9.34. The Morgan fingerprint density at radius 2 is 1.60 bits per heavy atom. The van der Waals surface area contributed by atoms with E-state index in [2.05, 4.69) is 10.6 Å². The zero-order chi connectivity index (χ0) is 22.9. The second-order valence-electron chi connectivity index (χ2n) is 9.34. The number of rotatable bonds is 8. The van der Waals surface area contributed by atoms with E-state index in [9.17, 15) is 14.4 Å². The number of alkyl carbamates (subject to hydrolysis) is 1. The monoisotopic (exact) mass is 420 g/mol. The van der Waals surface area contributed by atoms with Crippen molar-refractivity contribution in [3.63, 3.8) is 0 Å². The molecule has 1 unspecified atom stereocenters. The first-order valence-electron chi connectivity index (χ1n) is 10.4. The summed E-state index contributed by atoms with van der Waals surface area (Å²) in [6.45, 7) is 12.6. The molecule has 1 aromatic rings. The molecule has 0 radical (unpaired) electrons. The first-order chi connectivity index (χ1) is 13.8. The Bertz CT molecular complexity index is 705. The summed E-state index contributed by atoms with van der Waals surface area (Å²) >= 11 is 0. The minimum Gasteiger partial charge on any atom is -0.450 e. The third-order valence-electron chi connectivity index (χ3n) is 3.84. The van der Waals surface area contributed by atoms with Gasteiger partial charge in [-0.15, -0.1) is 0 Å². The molecule has 2 amide bonds. The fraction of sp³-hybridized carbons (Fsp3) is 0.609. The van der Waals surface area contributed by atoms with Gasteiger partial charge >= 0.3 is 12.1 Å². The highest BCUT2D eigenvalue weighted by atomic mass is 16.6. The van der Waals surface area contributed by atoms with Crippen molar-refractivity contribution in [3.05, 3.63) is 35.9 Å². The fourth-order valence-corrected chi connectivity index (χ4v) is 2.72. The Morgan fingerprint density at radius 1 is 1.00 bits per heavy atom. The van der Waals surface area contributed by atoms with Gasteiger partial charge in [0.2, 0.25) is 6.10 Å². The van der Waals surface area contributed by atoms with Gasteiger partial charge < -0.3 is 20.1 Å². The standard InChI is InChI=1S/C23H36N2O5/c1-8-12-18(26)29-19(20(27)25-22(2,3)4)17(15-16-13-10-9-11-14-16)24-21(28)30-23(5,6)7/h9-11,13-14,17,19H,8,12,15H2,1-7H3,(H,24,28)(H,25,27)/t17-,19?/m0/s1. The van der Waals surface area contributed by atoms with Crippen LogP contribution in [0.15, 0.2) is 30.3 Å². The van der Waals surface area contributed by atoms with Crippen molar-refractivity contribution in [1.29, 1.82) is 0 Å². The van der Waals surface area contributed by atoms with Gasteiger partial charge in [0.1, 0.15) is 5.60 Å². The minimum atomic E-state index is -1.20. The van der Waals surface area contributed by atoms with Gasteiger partial charge in [0, 0.05) is 12.0 Å². The number of nitrogens with one attached hydrogen (secondary N) is 2. The van der Waals surface area contributed by atoms with Crippen molar-refractivity contribution in [2.75, 3.05) is 0 Å². The van der Waals surface area contributed by atoms with E-state index in [1.807, 2.05) is 58.0 Å². The van der Waals surface area contributed by atoms with Crippen LogP contribution in [0.3, 0.4) is 0 Å². The molecule has 168 valence electrons. The molecule has 0 saturated heterocycles. The van der Waals surface area contributed by atoms with Crippen LogP contribution >= 0.6 is 0 Å². The first-order valence-corrected chi connectivity index (χ1v) is 10.4. The molecule has 1 aromatic carbocycles. The predicted molar refractivity (Wildman–Crippen MR) is 116 cm³/mol. The highest BCUT2D eigenvalue weighted by molar-refractivity contribution is 5.85. The molecule has 7 nitrogen and oxygen atoms in total. The molecule has 0 aromatic heterocycles. The molecule has 0 aliphatic carbocycles. The number of amides is 2. The summed E-state index contributed by atoms with van der Waals surface area (Å²) in [7, 11) is 0. The van der Waals surface area contributed by atoms with E-state index in [4.69, 9.17) is 9.47 Å². The number of hydrogen-bond acceptors (Lipinski definition) is 5. The highest BCUT2D eigenvalue weighted by Gasteiger charge is 2.35. The average Bonchev–Trinajstić information content (AvgIpc) is 2.57. The lowest BCUT2D eigenvalue weighted by molar-refractivity contribution is -0.158. The normalized spacial score (nSPS) is 13.7. The molecule has 30 heavy (non-hydrogen) atoms. The van der Waals surface area contributed by atoms with Crippen LogP contribution < -0.4 is 10.6 Å². The Hall–Kier alpha value is -2.57. The van der Waals surface area contributed by atoms with Gasteiger partial charge in [0.25, 0.3) is 5.91 Å². The molecule has 0 aliphatic heterocycles. The van der Waals surface area contributed by atoms with E-state index in [0.29, 0.717) is 12.8 Å². The van der Waals surface area contributed by atoms with E-state index in [1.54, 1.807) is 20.8 Å². The fourth-order valence-electron chi connectivity index (χ4n) is 2.72. The largest absolute Gasteiger partial charge is 0.450 e. The number of esters is 1. The molecule has 0 fully saturated rings. The predicted octanol–water partition coefficient (Wildman–Crippen LogP) is 3.75. The molecular weight excluding hydrogens is 384 g/mol. The number of ether oxygens (including phenoxy) is 2. The van der Waals surface area contributed by atoms with Crippen LogP contribution in [0.1, 0.15) is 66.9 Å². The summed E-state index contributed by atoms with van der Waals surface area (Å²) in [6.07, 6.45) is -0.805. The van der Waals surface area contributed by atoms with Gasteiger partial charge in [-0.05, 0) is 59.9 Å². The lowest BCUT2D eigenvalue weighted by Gasteiger charge is -2.31. The Balaban J connectivity index is 3.20. The van der Waals surface area contributed by atoms with E-state index in [1.165, 1.54) is 0 Å². The molecular formula is C23H36N2O5. The van der Waals surface area contributed by atoms with Gasteiger partial charge in [-0.25, -0.2) is 4.79 Å². The summed E-state index contributed by atoms with van der Waals surface area (Å²) in [5.41, 5.74) is -0.349. The number of benzene rings is 1. The smallest absolute Gasteiger partial charge is 0.408 e. The highest BCUT2D eigenvalue weighted by Crippen LogP contribution is 2.14.